The molecule has 0 spiro atoms. The Balaban J connectivity index is 1.89. The van der Waals surface area contributed by atoms with Gasteiger partial charge >= 0.3 is 0 Å². The molecule has 4 nitrogen and oxygen atoms in total. The van der Waals surface area contributed by atoms with Crippen LogP contribution in [0, 0.1) is 5.41 Å². The van der Waals surface area contributed by atoms with E-state index in [0.717, 1.165) is 44.4 Å². The molecule has 0 saturated carbocycles. The highest BCUT2D eigenvalue weighted by atomic mass is 32.2. The van der Waals surface area contributed by atoms with Gasteiger partial charge in [-0.2, -0.15) is 0 Å². The third-order valence-electron chi connectivity index (χ3n) is 6.85. The van der Waals surface area contributed by atoms with Gasteiger partial charge in [0, 0.05) is 22.1 Å². The second-order valence-electron chi connectivity index (χ2n) is 10.8. The number of rotatable bonds is 7. The van der Waals surface area contributed by atoms with Crippen LogP contribution in [0.25, 0.3) is 0 Å². The Labute approximate surface area is 221 Å². The number of benzene rings is 3. The van der Waals surface area contributed by atoms with Crippen LogP contribution in [0.5, 0.6) is 11.5 Å². The lowest BCUT2D eigenvalue weighted by molar-refractivity contribution is 0.0511. The number of aliphatic hydroxyl groups is 1. The molecule has 36 heavy (non-hydrogen) atoms. The zero-order valence-electron chi connectivity index (χ0n) is 22.4. The maximum Gasteiger partial charge on any atom is 0.171 e. The van der Waals surface area contributed by atoms with Crippen molar-refractivity contribution in [2.24, 2.45) is 5.41 Å². The summed E-state index contributed by atoms with van der Waals surface area (Å²) in [6.07, 6.45) is -0.0412. The number of methoxy groups -OCH3 is 2. The van der Waals surface area contributed by atoms with Crippen LogP contribution in [0.4, 0.5) is 0 Å². The van der Waals surface area contributed by atoms with Crippen LogP contribution in [0.15, 0.2) is 71.6 Å². The molecule has 3 aromatic rings. The fourth-order valence-electron chi connectivity index (χ4n) is 5.07. The topological polar surface area (TPSA) is 47.9 Å². The minimum Gasteiger partial charge on any atom is -0.497 e. The summed E-state index contributed by atoms with van der Waals surface area (Å²) < 4.78 is 17.4. The summed E-state index contributed by atoms with van der Waals surface area (Å²) in [4.78, 5) is 1.05. The van der Waals surface area contributed by atoms with E-state index in [9.17, 15) is 5.11 Å². The second kappa shape index (κ2) is 10.6. The average Bonchev–Trinajstić information content (AvgIpc) is 2.86. The molecule has 0 radical (unpaired) electrons. The Morgan fingerprint density at radius 1 is 0.944 bits per heavy atom. The van der Waals surface area contributed by atoms with Gasteiger partial charge < -0.3 is 19.0 Å². The third-order valence-corrected chi connectivity index (χ3v) is 8.82. The molecule has 1 aliphatic heterocycles. The number of thioether (sulfide) groups is 1. The van der Waals surface area contributed by atoms with Crippen LogP contribution >= 0.6 is 11.8 Å². The number of fused-ring (bicyclic) bond motifs is 1. The molecule has 3 aromatic carbocycles. The van der Waals surface area contributed by atoms with Gasteiger partial charge in [0.05, 0.1) is 20.3 Å². The van der Waals surface area contributed by atoms with Crippen molar-refractivity contribution in [3.05, 3.63) is 89.0 Å². The molecule has 3 atom stereocenters. The van der Waals surface area contributed by atoms with Crippen molar-refractivity contribution in [3.63, 3.8) is 0 Å². The van der Waals surface area contributed by atoms with Gasteiger partial charge in [-0.1, -0.05) is 57.2 Å². The first-order chi connectivity index (χ1) is 17.1. The summed E-state index contributed by atoms with van der Waals surface area (Å²) in [7, 11) is 2.06. The fraction of sp³-hybridized carbons (Fsp3) is 0.400. The zero-order chi connectivity index (χ0) is 26.1. The maximum atomic E-state index is 12.8. The normalized spacial score (nSPS) is 20.6. The molecular weight excluding hydrogens is 484 g/mol. The molecule has 0 aromatic heterocycles. The van der Waals surface area contributed by atoms with Crippen molar-refractivity contribution in [2.75, 3.05) is 20.0 Å². The Kier molecular flexibility index (Phi) is 7.91. The molecule has 4 rings (SSSR count). The van der Waals surface area contributed by atoms with Crippen molar-refractivity contribution >= 4 is 20.8 Å². The highest BCUT2D eigenvalue weighted by molar-refractivity contribution is 7.99. The number of ether oxygens (including phenoxy) is 2. The smallest absolute Gasteiger partial charge is 0.171 e. The van der Waals surface area contributed by atoms with E-state index in [1.54, 1.807) is 26.0 Å². The summed E-state index contributed by atoms with van der Waals surface area (Å²) in [5.41, 5.74) is 2.70. The van der Waals surface area contributed by atoms with Gasteiger partial charge in [-0.3, -0.25) is 0 Å². The zero-order valence-corrected chi connectivity index (χ0v) is 24.3. The quantitative estimate of drug-likeness (QED) is 0.342. The lowest BCUT2D eigenvalue weighted by atomic mass is 9.72. The Bertz CT molecular complexity index is 1190. The van der Waals surface area contributed by atoms with Gasteiger partial charge in [-0.05, 0) is 65.5 Å². The predicted molar refractivity (Wildman–Crippen MR) is 151 cm³/mol. The van der Waals surface area contributed by atoms with Gasteiger partial charge in [-0.25, -0.2) is 0 Å². The van der Waals surface area contributed by atoms with Crippen LogP contribution in [0.2, 0.25) is 13.1 Å². The third kappa shape index (κ3) is 5.23. The number of hydrogen-bond acceptors (Lipinski definition) is 5. The molecule has 1 aliphatic rings. The molecule has 0 bridgehead atoms. The van der Waals surface area contributed by atoms with E-state index < -0.39 is 14.6 Å². The molecule has 0 amide bonds. The van der Waals surface area contributed by atoms with Gasteiger partial charge in [0.25, 0.3) is 0 Å². The van der Waals surface area contributed by atoms with E-state index in [0.29, 0.717) is 0 Å². The maximum absolute atomic E-state index is 12.8. The molecule has 0 fully saturated rings. The van der Waals surface area contributed by atoms with Crippen LogP contribution in [0.1, 0.15) is 55.0 Å². The minimum absolute atomic E-state index is 0.0412. The minimum atomic E-state index is -1.29. The summed E-state index contributed by atoms with van der Waals surface area (Å²) in [6.45, 7) is 11.1. The molecule has 1 N–H and O–H groups in total. The monoisotopic (exact) mass is 522 g/mol. The standard InChI is InChI=1S/C30H38O4SSi/c1-29(2,3)28(34-36(6)7)21-9-8-10-22(17-21)30(31)25-16-15-24(33-5)18-27(25)35-19-26(30)20-11-13-23(32-4)14-12-20/h8-18,26,28,31,36H,19H2,1-7H3. The highest BCUT2D eigenvalue weighted by Gasteiger charge is 2.46. The summed E-state index contributed by atoms with van der Waals surface area (Å²) >= 11 is 1.76. The van der Waals surface area contributed by atoms with E-state index in [4.69, 9.17) is 13.9 Å². The molecule has 192 valence electrons. The first-order valence-electron chi connectivity index (χ1n) is 12.5. The lowest BCUT2D eigenvalue weighted by Crippen LogP contribution is -2.39. The molecule has 0 aliphatic carbocycles. The molecule has 0 saturated heterocycles. The van der Waals surface area contributed by atoms with E-state index >= 15 is 0 Å². The van der Waals surface area contributed by atoms with Crippen molar-refractivity contribution < 1.29 is 19.0 Å². The lowest BCUT2D eigenvalue weighted by Gasteiger charge is -2.42. The van der Waals surface area contributed by atoms with Gasteiger partial charge in [-0.15, -0.1) is 11.8 Å². The molecular formula is C30H38O4SSi. The summed E-state index contributed by atoms with van der Waals surface area (Å²) in [5.74, 6) is 2.20. The van der Waals surface area contributed by atoms with Crippen molar-refractivity contribution in [2.45, 2.75) is 56.4 Å². The van der Waals surface area contributed by atoms with E-state index in [1.807, 2.05) is 30.3 Å². The first-order valence-corrected chi connectivity index (χ1v) is 16.3. The van der Waals surface area contributed by atoms with E-state index in [2.05, 4.69) is 70.3 Å². The molecule has 6 heteroatoms. The van der Waals surface area contributed by atoms with E-state index in [-0.39, 0.29) is 17.4 Å². The first kappa shape index (κ1) is 26.8. The Morgan fingerprint density at radius 2 is 1.61 bits per heavy atom. The largest absolute Gasteiger partial charge is 0.497 e. The van der Waals surface area contributed by atoms with Crippen LogP contribution < -0.4 is 9.47 Å². The molecule has 3 unspecified atom stereocenters. The van der Waals surface area contributed by atoms with Gasteiger partial charge in [0.15, 0.2) is 9.04 Å². The fourth-order valence-corrected chi connectivity index (χ4v) is 7.54. The van der Waals surface area contributed by atoms with Crippen LogP contribution in [-0.2, 0) is 10.0 Å². The van der Waals surface area contributed by atoms with E-state index in [1.165, 1.54) is 0 Å². The van der Waals surface area contributed by atoms with Gasteiger partial charge in [0.2, 0.25) is 0 Å². The average molecular weight is 523 g/mol. The Morgan fingerprint density at radius 3 is 2.22 bits per heavy atom. The summed E-state index contributed by atoms with van der Waals surface area (Å²) in [5, 5.41) is 12.8. The van der Waals surface area contributed by atoms with Crippen molar-refractivity contribution in [1.29, 1.82) is 0 Å². The number of hydrogen-bond donors (Lipinski definition) is 1. The Hall–Kier alpha value is -2.25. The van der Waals surface area contributed by atoms with Crippen molar-refractivity contribution in [1.82, 2.24) is 0 Å². The predicted octanol–water partition coefficient (Wildman–Crippen LogP) is 6.92. The molecule has 1 heterocycles. The van der Waals surface area contributed by atoms with Gasteiger partial charge in [0.1, 0.15) is 17.1 Å². The SMILES string of the molecule is COc1ccc(C2CSc3cc(OC)ccc3C2(O)c2cccc(C(O[SiH](C)C)C(C)(C)C)c2)cc1. The van der Waals surface area contributed by atoms with Crippen molar-refractivity contribution in [3.8, 4) is 11.5 Å². The van der Waals surface area contributed by atoms with Crippen LogP contribution in [-0.4, -0.2) is 34.1 Å². The highest BCUT2D eigenvalue weighted by Crippen LogP contribution is 2.53. The van der Waals surface area contributed by atoms with Crippen LogP contribution in [0.3, 0.4) is 0 Å². The summed E-state index contributed by atoms with van der Waals surface area (Å²) in [6, 6.07) is 22.5. The second-order valence-corrected chi connectivity index (χ2v) is 14.3.